The van der Waals surface area contributed by atoms with Gasteiger partial charge < -0.3 is 20.0 Å². The summed E-state index contributed by atoms with van der Waals surface area (Å²) in [6, 6.07) is 9.79. The van der Waals surface area contributed by atoms with Gasteiger partial charge >= 0.3 is 6.03 Å². The predicted octanol–water partition coefficient (Wildman–Crippen LogP) is 3.39. The highest BCUT2D eigenvalue weighted by Crippen LogP contribution is 2.26. The fourth-order valence-corrected chi connectivity index (χ4v) is 3.47. The summed E-state index contributed by atoms with van der Waals surface area (Å²) in [4.78, 5) is 14.5. The number of carbonyl (C=O) groups is 1. The van der Waals surface area contributed by atoms with Gasteiger partial charge in [0, 0.05) is 30.7 Å². The lowest BCUT2D eigenvalue weighted by molar-refractivity contribution is 0.230. The molecule has 1 unspecified atom stereocenters. The van der Waals surface area contributed by atoms with Crippen molar-refractivity contribution < 1.29 is 13.6 Å². The van der Waals surface area contributed by atoms with Gasteiger partial charge in [-0.2, -0.15) is 5.10 Å². The molecule has 28 heavy (non-hydrogen) atoms. The minimum atomic E-state index is -0.407. The van der Waals surface area contributed by atoms with Crippen molar-refractivity contribution in [2.75, 3.05) is 18.0 Å². The van der Waals surface area contributed by atoms with Crippen LogP contribution in [-0.4, -0.2) is 35.4 Å². The minimum absolute atomic E-state index is 0.0910. The number of para-hydroxylation sites is 1. The van der Waals surface area contributed by atoms with Gasteiger partial charge in [-0.05, 0) is 44.0 Å². The second kappa shape index (κ2) is 7.84. The SMILES string of the molecule is CC(NC(=O)NC1CCN(c2cccnn2)CC1)c1cc2cccc(F)c2o1. The topological polar surface area (TPSA) is 83.3 Å². The summed E-state index contributed by atoms with van der Waals surface area (Å²) in [5.74, 6) is 0.971. The number of urea groups is 1. The zero-order chi connectivity index (χ0) is 19.5. The van der Waals surface area contributed by atoms with Gasteiger partial charge in [-0.15, -0.1) is 5.10 Å². The molecule has 0 spiro atoms. The zero-order valence-electron chi connectivity index (χ0n) is 15.6. The summed E-state index contributed by atoms with van der Waals surface area (Å²) in [5.41, 5.74) is 0.211. The van der Waals surface area contributed by atoms with Crippen LogP contribution in [0, 0.1) is 5.82 Å². The van der Waals surface area contributed by atoms with E-state index in [9.17, 15) is 9.18 Å². The average molecular weight is 383 g/mol. The minimum Gasteiger partial charge on any atom is -0.456 e. The maximum absolute atomic E-state index is 13.8. The van der Waals surface area contributed by atoms with Crippen LogP contribution < -0.4 is 15.5 Å². The van der Waals surface area contributed by atoms with Crippen molar-refractivity contribution in [3.05, 3.63) is 54.2 Å². The van der Waals surface area contributed by atoms with Crippen molar-refractivity contribution in [3.63, 3.8) is 0 Å². The number of hydrogen-bond acceptors (Lipinski definition) is 5. The van der Waals surface area contributed by atoms with Crippen molar-refractivity contribution in [1.29, 1.82) is 0 Å². The molecule has 1 atom stereocenters. The standard InChI is InChI=1S/C20H22FN5O2/c1-13(17-12-14-4-2-5-16(21)19(14)28-17)23-20(27)24-15-7-10-26(11-8-15)18-6-3-9-22-25-18/h2-6,9,12-13,15H,7-8,10-11H2,1H3,(H2,23,24,27). The lowest BCUT2D eigenvalue weighted by atomic mass is 10.1. The molecule has 1 aliphatic rings. The van der Waals surface area contributed by atoms with Gasteiger partial charge in [0.05, 0.1) is 6.04 Å². The Balaban J connectivity index is 1.30. The second-order valence-electron chi connectivity index (χ2n) is 6.99. The summed E-state index contributed by atoms with van der Waals surface area (Å²) >= 11 is 0. The number of nitrogens with one attached hydrogen (secondary N) is 2. The first-order valence-electron chi connectivity index (χ1n) is 9.38. The normalized spacial score (nSPS) is 16.1. The van der Waals surface area contributed by atoms with E-state index in [4.69, 9.17) is 4.42 Å². The quantitative estimate of drug-likeness (QED) is 0.722. The van der Waals surface area contributed by atoms with Crippen molar-refractivity contribution >= 4 is 22.8 Å². The molecule has 1 aliphatic heterocycles. The number of rotatable bonds is 4. The summed E-state index contributed by atoms with van der Waals surface area (Å²) in [6.07, 6.45) is 3.31. The van der Waals surface area contributed by atoms with Crippen LogP contribution in [-0.2, 0) is 0 Å². The number of piperidine rings is 1. The molecule has 1 fully saturated rings. The van der Waals surface area contributed by atoms with E-state index in [2.05, 4.69) is 25.7 Å². The largest absolute Gasteiger partial charge is 0.456 e. The van der Waals surface area contributed by atoms with Crippen molar-refractivity contribution in [2.24, 2.45) is 0 Å². The number of nitrogens with zero attached hydrogens (tertiary/aromatic N) is 3. The molecule has 0 radical (unpaired) electrons. The molecule has 2 amide bonds. The number of amides is 2. The Kier molecular flexibility index (Phi) is 5.10. The fraction of sp³-hybridized carbons (Fsp3) is 0.350. The summed E-state index contributed by atoms with van der Waals surface area (Å²) in [6.45, 7) is 3.43. The first-order valence-corrected chi connectivity index (χ1v) is 9.38. The number of halogens is 1. The van der Waals surface area contributed by atoms with E-state index in [1.54, 1.807) is 24.4 Å². The molecular formula is C20H22FN5O2. The Morgan fingerprint density at radius 3 is 2.82 bits per heavy atom. The van der Waals surface area contributed by atoms with E-state index in [1.807, 2.05) is 19.1 Å². The number of aromatic nitrogens is 2. The van der Waals surface area contributed by atoms with Crippen LogP contribution in [0.4, 0.5) is 15.0 Å². The van der Waals surface area contributed by atoms with Crippen molar-refractivity contribution in [1.82, 2.24) is 20.8 Å². The summed E-state index contributed by atoms with van der Waals surface area (Å²) < 4.78 is 19.4. The van der Waals surface area contributed by atoms with Crippen LogP contribution in [0.2, 0.25) is 0 Å². The number of fused-ring (bicyclic) bond motifs is 1. The summed E-state index contributed by atoms with van der Waals surface area (Å²) in [5, 5.41) is 14.6. The highest BCUT2D eigenvalue weighted by Gasteiger charge is 2.23. The van der Waals surface area contributed by atoms with Crippen LogP contribution in [0.1, 0.15) is 31.6 Å². The van der Waals surface area contributed by atoms with Gasteiger partial charge in [-0.3, -0.25) is 0 Å². The smallest absolute Gasteiger partial charge is 0.315 e. The van der Waals surface area contributed by atoms with Gasteiger partial charge in [0.2, 0.25) is 0 Å². The molecular weight excluding hydrogens is 361 g/mol. The third-order valence-electron chi connectivity index (χ3n) is 5.00. The predicted molar refractivity (Wildman–Crippen MR) is 104 cm³/mol. The summed E-state index contributed by atoms with van der Waals surface area (Å²) in [7, 11) is 0. The van der Waals surface area contributed by atoms with E-state index >= 15 is 0 Å². The highest BCUT2D eigenvalue weighted by molar-refractivity contribution is 5.79. The van der Waals surface area contributed by atoms with Gasteiger partial charge in [-0.25, -0.2) is 9.18 Å². The van der Waals surface area contributed by atoms with Crippen LogP contribution in [0.3, 0.4) is 0 Å². The monoisotopic (exact) mass is 383 g/mol. The second-order valence-corrected chi connectivity index (χ2v) is 6.99. The molecule has 0 saturated carbocycles. The molecule has 7 nitrogen and oxygen atoms in total. The van der Waals surface area contributed by atoms with E-state index in [-0.39, 0.29) is 23.7 Å². The first-order chi connectivity index (χ1) is 13.6. The van der Waals surface area contributed by atoms with Crippen molar-refractivity contribution in [3.8, 4) is 0 Å². The zero-order valence-corrected chi connectivity index (χ0v) is 15.6. The molecule has 3 aromatic rings. The van der Waals surface area contributed by atoms with Gasteiger partial charge in [0.1, 0.15) is 5.76 Å². The number of furan rings is 1. The van der Waals surface area contributed by atoms with E-state index < -0.39 is 5.82 Å². The molecule has 0 bridgehead atoms. The Morgan fingerprint density at radius 2 is 2.11 bits per heavy atom. The van der Waals surface area contributed by atoms with Gasteiger partial charge in [-0.1, -0.05) is 12.1 Å². The fourth-order valence-electron chi connectivity index (χ4n) is 3.47. The average Bonchev–Trinajstić information content (AvgIpc) is 3.15. The third kappa shape index (κ3) is 3.90. The number of carbonyl (C=O) groups excluding carboxylic acids is 1. The van der Waals surface area contributed by atoms with Gasteiger partial charge in [0.25, 0.3) is 0 Å². The lowest BCUT2D eigenvalue weighted by Crippen LogP contribution is -2.48. The number of hydrogen-bond donors (Lipinski definition) is 2. The maximum Gasteiger partial charge on any atom is 0.315 e. The number of benzene rings is 1. The molecule has 8 heteroatoms. The Labute approximate surface area is 161 Å². The Bertz CT molecular complexity index is 954. The number of anilines is 1. The maximum atomic E-state index is 13.8. The van der Waals surface area contributed by atoms with E-state index in [1.165, 1.54) is 6.07 Å². The van der Waals surface area contributed by atoms with Crippen LogP contribution in [0.15, 0.2) is 47.0 Å². The lowest BCUT2D eigenvalue weighted by Gasteiger charge is -2.32. The van der Waals surface area contributed by atoms with Crippen LogP contribution in [0.25, 0.3) is 11.0 Å². The molecule has 1 saturated heterocycles. The van der Waals surface area contributed by atoms with E-state index in [0.717, 1.165) is 31.7 Å². The molecule has 146 valence electrons. The molecule has 2 N–H and O–H groups in total. The highest BCUT2D eigenvalue weighted by atomic mass is 19.1. The molecule has 4 rings (SSSR count). The third-order valence-corrected chi connectivity index (χ3v) is 5.00. The van der Waals surface area contributed by atoms with E-state index in [0.29, 0.717) is 11.1 Å². The molecule has 1 aromatic carbocycles. The Hall–Kier alpha value is -3.16. The molecule has 3 heterocycles. The van der Waals surface area contributed by atoms with Crippen LogP contribution in [0.5, 0.6) is 0 Å². The van der Waals surface area contributed by atoms with Crippen molar-refractivity contribution in [2.45, 2.75) is 31.8 Å². The molecule has 0 aliphatic carbocycles. The molecule has 2 aromatic heterocycles. The first kappa shape index (κ1) is 18.2. The Morgan fingerprint density at radius 1 is 1.29 bits per heavy atom. The van der Waals surface area contributed by atoms with Crippen LogP contribution >= 0.6 is 0 Å². The van der Waals surface area contributed by atoms with Gasteiger partial charge in [0.15, 0.2) is 17.2 Å².